The van der Waals surface area contributed by atoms with Crippen LogP contribution in [0.25, 0.3) is 10.9 Å². The molecular weight excluding hydrogens is 152 g/mol. The molecule has 2 aromatic rings. The molecule has 12 heavy (non-hydrogen) atoms. The van der Waals surface area contributed by atoms with Gasteiger partial charge in [-0.1, -0.05) is 0 Å². The van der Waals surface area contributed by atoms with Gasteiger partial charge in [-0.25, -0.2) is 0 Å². The standard InChI is InChI=1S/C9H10N2O/c1-2-12-8-4-3-7-6-10-11-9(7)5-8/h3-6H,2H2,1H3,(H,10,11). The summed E-state index contributed by atoms with van der Waals surface area (Å²) in [5, 5.41) is 7.92. The molecule has 0 aliphatic rings. The zero-order chi connectivity index (χ0) is 8.39. The molecule has 1 heterocycles. The van der Waals surface area contributed by atoms with E-state index in [9.17, 15) is 0 Å². The number of aromatic nitrogens is 2. The van der Waals surface area contributed by atoms with Crippen LogP contribution in [-0.2, 0) is 0 Å². The van der Waals surface area contributed by atoms with Crippen molar-refractivity contribution in [3.05, 3.63) is 24.4 Å². The van der Waals surface area contributed by atoms with Gasteiger partial charge >= 0.3 is 0 Å². The van der Waals surface area contributed by atoms with Crippen molar-refractivity contribution < 1.29 is 4.74 Å². The lowest BCUT2D eigenvalue weighted by molar-refractivity contribution is 0.340. The number of hydrogen-bond donors (Lipinski definition) is 1. The summed E-state index contributed by atoms with van der Waals surface area (Å²) in [5.41, 5.74) is 1.01. The second kappa shape index (κ2) is 2.85. The lowest BCUT2D eigenvalue weighted by Crippen LogP contribution is -1.90. The average Bonchev–Trinajstić information content (AvgIpc) is 2.51. The molecule has 0 amide bonds. The van der Waals surface area contributed by atoms with Crippen molar-refractivity contribution in [2.24, 2.45) is 0 Å². The monoisotopic (exact) mass is 162 g/mol. The Kier molecular flexibility index (Phi) is 1.70. The van der Waals surface area contributed by atoms with Crippen molar-refractivity contribution in [2.75, 3.05) is 6.61 Å². The highest BCUT2D eigenvalue weighted by Crippen LogP contribution is 2.17. The molecular formula is C9H10N2O. The molecule has 1 N–H and O–H groups in total. The van der Waals surface area contributed by atoms with Gasteiger partial charge in [0.25, 0.3) is 0 Å². The molecule has 0 radical (unpaired) electrons. The molecule has 0 atom stereocenters. The fourth-order valence-corrected chi connectivity index (χ4v) is 1.17. The van der Waals surface area contributed by atoms with Crippen LogP contribution in [0.2, 0.25) is 0 Å². The number of rotatable bonds is 2. The number of hydrogen-bond acceptors (Lipinski definition) is 2. The minimum Gasteiger partial charge on any atom is -0.494 e. The Bertz CT molecular complexity index is 381. The second-order valence-electron chi connectivity index (χ2n) is 2.55. The highest BCUT2D eigenvalue weighted by atomic mass is 16.5. The van der Waals surface area contributed by atoms with Crippen LogP contribution in [-0.4, -0.2) is 16.8 Å². The van der Waals surface area contributed by atoms with Crippen molar-refractivity contribution >= 4 is 10.9 Å². The fraction of sp³-hybridized carbons (Fsp3) is 0.222. The minimum absolute atomic E-state index is 0.694. The van der Waals surface area contributed by atoms with E-state index in [-0.39, 0.29) is 0 Å². The van der Waals surface area contributed by atoms with Gasteiger partial charge in [-0.05, 0) is 19.1 Å². The van der Waals surface area contributed by atoms with Crippen molar-refractivity contribution in [3.63, 3.8) is 0 Å². The van der Waals surface area contributed by atoms with E-state index in [1.165, 1.54) is 0 Å². The van der Waals surface area contributed by atoms with Crippen LogP contribution >= 0.6 is 0 Å². The van der Waals surface area contributed by atoms with Crippen LogP contribution in [0.3, 0.4) is 0 Å². The van der Waals surface area contributed by atoms with Gasteiger partial charge in [-0.3, -0.25) is 5.10 Å². The number of nitrogens with zero attached hydrogens (tertiary/aromatic N) is 1. The number of ether oxygens (including phenoxy) is 1. The van der Waals surface area contributed by atoms with Crippen LogP contribution < -0.4 is 4.74 Å². The zero-order valence-electron chi connectivity index (χ0n) is 6.87. The third-order valence-corrected chi connectivity index (χ3v) is 1.72. The average molecular weight is 162 g/mol. The van der Waals surface area contributed by atoms with Gasteiger partial charge in [-0.15, -0.1) is 0 Å². The molecule has 62 valence electrons. The third-order valence-electron chi connectivity index (χ3n) is 1.72. The fourth-order valence-electron chi connectivity index (χ4n) is 1.17. The van der Waals surface area contributed by atoms with E-state index in [2.05, 4.69) is 10.2 Å². The van der Waals surface area contributed by atoms with E-state index >= 15 is 0 Å². The highest BCUT2D eigenvalue weighted by Gasteiger charge is 1.96. The lowest BCUT2D eigenvalue weighted by atomic mass is 10.2. The molecule has 1 aromatic carbocycles. The first kappa shape index (κ1) is 7.16. The largest absolute Gasteiger partial charge is 0.494 e. The maximum absolute atomic E-state index is 5.34. The van der Waals surface area contributed by atoms with E-state index in [1.54, 1.807) is 6.20 Å². The Morgan fingerprint density at radius 3 is 3.25 bits per heavy atom. The summed E-state index contributed by atoms with van der Waals surface area (Å²) in [6.07, 6.45) is 1.80. The van der Waals surface area contributed by atoms with Crippen LogP contribution in [0.15, 0.2) is 24.4 Å². The molecule has 0 unspecified atom stereocenters. The lowest BCUT2D eigenvalue weighted by Gasteiger charge is -2.00. The molecule has 0 bridgehead atoms. The van der Waals surface area contributed by atoms with Crippen molar-refractivity contribution in [1.82, 2.24) is 10.2 Å². The summed E-state index contributed by atoms with van der Waals surface area (Å²) in [7, 11) is 0. The second-order valence-corrected chi connectivity index (χ2v) is 2.55. The van der Waals surface area contributed by atoms with E-state index in [4.69, 9.17) is 4.74 Å². The van der Waals surface area contributed by atoms with E-state index in [0.29, 0.717) is 6.61 Å². The molecule has 0 spiro atoms. The first-order valence-electron chi connectivity index (χ1n) is 3.96. The Morgan fingerprint density at radius 2 is 2.42 bits per heavy atom. The molecule has 0 saturated carbocycles. The number of aromatic amines is 1. The van der Waals surface area contributed by atoms with Crippen LogP contribution in [0, 0.1) is 0 Å². The summed E-state index contributed by atoms with van der Waals surface area (Å²) >= 11 is 0. The van der Waals surface area contributed by atoms with Crippen molar-refractivity contribution in [1.29, 1.82) is 0 Å². The summed E-state index contributed by atoms with van der Waals surface area (Å²) < 4.78 is 5.34. The van der Waals surface area contributed by atoms with Gasteiger partial charge in [0.2, 0.25) is 0 Å². The molecule has 0 fully saturated rings. The van der Waals surface area contributed by atoms with E-state index in [1.807, 2.05) is 25.1 Å². The molecule has 0 saturated heterocycles. The molecule has 0 aliphatic carbocycles. The van der Waals surface area contributed by atoms with Gasteiger partial charge in [0.05, 0.1) is 18.3 Å². The van der Waals surface area contributed by atoms with Gasteiger partial charge in [0.1, 0.15) is 5.75 Å². The van der Waals surface area contributed by atoms with Gasteiger partial charge in [-0.2, -0.15) is 5.10 Å². The summed E-state index contributed by atoms with van der Waals surface area (Å²) in [4.78, 5) is 0. The molecule has 0 aliphatic heterocycles. The normalized spacial score (nSPS) is 10.4. The van der Waals surface area contributed by atoms with Crippen LogP contribution in [0.4, 0.5) is 0 Å². The first-order chi connectivity index (χ1) is 5.90. The SMILES string of the molecule is CCOc1ccc2cn[nH]c2c1. The van der Waals surface area contributed by atoms with Gasteiger partial charge in [0, 0.05) is 11.5 Å². The molecule has 2 rings (SSSR count). The zero-order valence-corrected chi connectivity index (χ0v) is 6.87. The first-order valence-corrected chi connectivity index (χ1v) is 3.96. The Labute approximate surface area is 70.4 Å². The quantitative estimate of drug-likeness (QED) is 0.733. The smallest absolute Gasteiger partial charge is 0.121 e. The summed E-state index contributed by atoms with van der Waals surface area (Å²) in [5.74, 6) is 0.884. The number of fused-ring (bicyclic) bond motifs is 1. The van der Waals surface area contributed by atoms with Gasteiger partial charge in [0.15, 0.2) is 0 Å². The minimum atomic E-state index is 0.694. The maximum atomic E-state index is 5.34. The molecule has 1 aromatic heterocycles. The predicted molar refractivity (Wildman–Crippen MR) is 47.3 cm³/mol. The third kappa shape index (κ3) is 1.13. The Balaban J connectivity index is 2.46. The number of nitrogens with one attached hydrogen (secondary N) is 1. The van der Waals surface area contributed by atoms with Crippen molar-refractivity contribution in [3.8, 4) is 5.75 Å². The highest BCUT2D eigenvalue weighted by molar-refractivity contribution is 5.79. The summed E-state index contributed by atoms with van der Waals surface area (Å²) in [6.45, 7) is 2.66. The number of benzene rings is 1. The Morgan fingerprint density at radius 1 is 1.50 bits per heavy atom. The Hall–Kier alpha value is -1.51. The van der Waals surface area contributed by atoms with Gasteiger partial charge < -0.3 is 4.74 Å². The molecule has 3 heteroatoms. The number of H-pyrrole nitrogens is 1. The predicted octanol–water partition coefficient (Wildman–Crippen LogP) is 1.96. The van der Waals surface area contributed by atoms with Crippen molar-refractivity contribution in [2.45, 2.75) is 6.92 Å². The van der Waals surface area contributed by atoms with E-state index < -0.39 is 0 Å². The molecule has 3 nitrogen and oxygen atoms in total. The maximum Gasteiger partial charge on any atom is 0.121 e. The van der Waals surface area contributed by atoms with E-state index in [0.717, 1.165) is 16.7 Å². The summed E-state index contributed by atoms with van der Waals surface area (Å²) in [6, 6.07) is 5.89. The van der Waals surface area contributed by atoms with Crippen LogP contribution in [0.1, 0.15) is 6.92 Å². The van der Waals surface area contributed by atoms with Crippen LogP contribution in [0.5, 0.6) is 5.75 Å². The topological polar surface area (TPSA) is 37.9 Å².